The molecule has 1 N–H and O–H groups in total. The van der Waals surface area contributed by atoms with Gasteiger partial charge in [-0.2, -0.15) is 15.1 Å². The summed E-state index contributed by atoms with van der Waals surface area (Å²) in [4.78, 5) is 17.1. The molecule has 8 nitrogen and oxygen atoms in total. The molecule has 0 bridgehead atoms. The molecule has 1 amide bonds. The standard InChI is InChI=1S/C29H24Cl2N4O4S/c1-18-8-5-6-11-24(18)39-17-25-34-35-27(32)22(28(36)33-29(35)40-25)15-19-14-20(30)16-23(31)26(19)38-13-7-12-37-21-9-3-2-4-10-21/h2-6,8-11,14-16,32H,7,12-13,17H2,1H3/b22-15-,32-27?. The second-order valence-corrected chi connectivity index (χ2v) is 10.6. The van der Waals surface area contributed by atoms with Crippen LogP contribution in [0.3, 0.4) is 0 Å². The number of amides is 1. The van der Waals surface area contributed by atoms with Crippen molar-refractivity contribution in [1.29, 1.82) is 5.41 Å². The van der Waals surface area contributed by atoms with Crippen LogP contribution in [0.1, 0.15) is 17.5 Å². The lowest BCUT2D eigenvalue weighted by Crippen LogP contribution is -2.35. The fourth-order valence-corrected chi connectivity index (χ4v) is 5.24. The molecule has 0 radical (unpaired) electrons. The van der Waals surface area contributed by atoms with Crippen molar-refractivity contribution in [3.05, 3.63) is 93.5 Å². The summed E-state index contributed by atoms with van der Waals surface area (Å²) in [7, 11) is 0. The topological polar surface area (TPSA) is 96.6 Å². The third-order valence-electron chi connectivity index (χ3n) is 5.83. The number of nitrogens with one attached hydrogen (secondary N) is 1. The van der Waals surface area contributed by atoms with Gasteiger partial charge in [0.2, 0.25) is 5.17 Å². The molecule has 0 fully saturated rings. The van der Waals surface area contributed by atoms with E-state index in [1.165, 1.54) is 22.8 Å². The number of benzene rings is 3. The van der Waals surface area contributed by atoms with E-state index in [-0.39, 0.29) is 23.0 Å². The minimum Gasteiger partial charge on any atom is -0.493 e. The third kappa shape index (κ3) is 6.50. The predicted octanol–water partition coefficient (Wildman–Crippen LogP) is 6.85. The summed E-state index contributed by atoms with van der Waals surface area (Å²) in [6, 6.07) is 20.3. The van der Waals surface area contributed by atoms with E-state index in [0.717, 1.165) is 17.1 Å². The van der Waals surface area contributed by atoms with E-state index in [1.54, 1.807) is 12.1 Å². The summed E-state index contributed by atoms with van der Waals surface area (Å²) in [5.74, 6) is 1.17. The zero-order valence-corrected chi connectivity index (χ0v) is 23.7. The maximum absolute atomic E-state index is 13.0. The number of rotatable bonds is 10. The number of para-hydroxylation sites is 2. The van der Waals surface area contributed by atoms with Gasteiger partial charge in [-0.25, -0.2) is 0 Å². The summed E-state index contributed by atoms with van der Waals surface area (Å²) < 4.78 is 17.5. The number of amidine groups is 2. The first-order valence-corrected chi connectivity index (χ1v) is 13.9. The van der Waals surface area contributed by atoms with Gasteiger partial charge >= 0.3 is 0 Å². The second-order valence-electron chi connectivity index (χ2n) is 8.74. The molecule has 2 aliphatic rings. The second kappa shape index (κ2) is 12.6. The fourth-order valence-electron chi connectivity index (χ4n) is 3.88. The van der Waals surface area contributed by atoms with Gasteiger partial charge < -0.3 is 14.2 Å². The monoisotopic (exact) mass is 594 g/mol. The van der Waals surface area contributed by atoms with E-state index in [1.807, 2.05) is 61.5 Å². The summed E-state index contributed by atoms with van der Waals surface area (Å²) >= 11 is 13.9. The van der Waals surface area contributed by atoms with Crippen molar-refractivity contribution in [2.75, 3.05) is 19.8 Å². The van der Waals surface area contributed by atoms with Crippen LogP contribution in [0.2, 0.25) is 10.0 Å². The molecule has 0 aromatic heterocycles. The Labute approximate surface area is 245 Å². The molecule has 0 unspecified atom stereocenters. The van der Waals surface area contributed by atoms with Gasteiger partial charge in [0.15, 0.2) is 5.84 Å². The van der Waals surface area contributed by atoms with E-state index in [9.17, 15) is 4.79 Å². The molecule has 0 saturated heterocycles. The molecule has 3 aromatic carbocycles. The van der Waals surface area contributed by atoms with Crippen LogP contribution in [-0.4, -0.2) is 46.8 Å². The van der Waals surface area contributed by atoms with Gasteiger partial charge in [0.05, 0.1) is 23.8 Å². The highest BCUT2D eigenvalue weighted by Crippen LogP contribution is 2.36. The first-order chi connectivity index (χ1) is 19.4. The van der Waals surface area contributed by atoms with Gasteiger partial charge in [-0.3, -0.25) is 10.2 Å². The molecule has 40 heavy (non-hydrogen) atoms. The molecule has 2 aliphatic heterocycles. The number of thioether (sulfide) groups is 1. The molecular weight excluding hydrogens is 571 g/mol. The van der Waals surface area contributed by atoms with Crippen molar-refractivity contribution in [2.45, 2.75) is 13.3 Å². The van der Waals surface area contributed by atoms with Crippen molar-refractivity contribution in [3.8, 4) is 17.2 Å². The summed E-state index contributed by atoms with van der Waals surface area (Å²) in [5.41, 5.74) is 1.48. The lowest BCUT2D eigenvalue weighted by Gasteiger charge is -2.20. The van der Waals surface area contributed by atoms with Gasteiger partial charge in [0, 0.05) is 17.0 Å². The van der Waals surface area contributed by atoms with Crippen molar-refractivity contribution >= 4 is 63.0 Å². The highest BCUT2D eigenvalue weighted by Gasteiger charge is 2.36. The molecule has 5 rings (SSSR count). The Morgan fingerprint density at radius 3 is 2.55 bits per heavy atom. The fraction of sp³-hybridized carbons (Fsp3) is 0.172. The van der Waals surface area contributed by atoms with Crippen molar-refractivity contribution in [1.82, 2.24) is 5.01 Å². The molecule has 0 saturated carbocycles. The number of hydrazone groups is 1. The molecular formula is C29H24Cl2N4O4S. The highest BCUT2D eigenvalue weighted by atomic mass is 35.5. The maximum atomic E-state index is 13.0. The largest absolute Gasteiger partial charge is 0.493 e. The Morgan fingerprint density at radius 2 is 1.75 bits per heavy atom. The Hall–Kier alpha value is -3.79. The highest BCUT2D eigenvalue weighted by molar-refractivity contribution is 8.27. The van der Waals surface area contributed by atoms with Crippen molar-refractivity contribution in [2.24, 2.45) is 10.1 Å². The van der Waals surface area contributed by atoms with E-state index in [0.29, 0.717) is 46.2 Å². The number of aryl methyl sites for hydroxylation is 1. The molecule has 3 aromatic rings. The number of aliphatic imine (C=N–C) groups is 1. The molecule has 204 valence electrons. The molecule has 0 spiro atoms. The minimum absolute atomic E-state index is 0.0322. The average Bonchev–Trinajstić information content (AvgIpc) is 3.35. The van der Waals surface area contributed by atoms with Crippen LogP contribution < -0.4 is 14.2 Å². The molecule has 0 aliphatic carbocycles. The van der Waals surface area contributed by atoms with Crippen LogP contribution >= 0.6 is 35.0 Å². The zero-order chi connectivity index (χ0) is 28.1. The lowest BCUT2D eigenvalue weighted by atomic mass is 10.1. The molecule has 2 heterocycles. The van der Waals surface area contributed by atoms with E-state index in [4.69, 9.17) is 42.8 Å². The average molecular weight is 596 g/mol. The number of carbonyl (C=O) groups excluding carboxylic acids is 1. The normalized spacial score (nSPS) is 15.6. The van der Waals surface area contributed by atoms with Crippen molar-refractivity contribution < 1.29 is 19.0 Å². The number of nitrogens with zero attached hydrogens (tertiary/aromatic N) is 3. The summed E-state index contributed by atoms with van der Waals surface area (Å²) in [5, 5.41) is 16.0. The first kappa shape index (κ1) is 27.8. The molecule has 11 heteroatoms. The quantitative estimate of drug-likeness (QED) is 0.204. The minimum atomic E-state index is -0.571. The van der Waals surface area contributed by atoms with Crippen LogP contribution in [0.25, 0.3) is 6.08 Å². The van der Waals surface area contributed by atoms with Gasteiger partial charge in [-0.1, -0.05) is 59.6 Å². The number of ether oxygens (including phenoxy) is 3. The number of hydrogen-bond acceptors (Lipinski definition) is 7. The Kier molecular flexibility index (Phi) is 8.74. The number of halogens is 2. The predicted molar refractivity (Wildman–Crippen MR) is 160 cm³/mol. The third-order valence-corrected chi connectivity index (χ3v) is 7.21. The SMILES string of the molecule is Cc1ccccc1OCC1=NN2C(=N)/C(=C/c3cc(Cl)cc(Cl)c3OCCCOc3ccccc3)C(=O)N=C2S1. The van der Waals surface area contributed by atoms with Gasteiger partial charge in [-0.15, -0.1) is 0 Å². The van der Waals surface area contributed by atoms with Gasteiger partial charge in [-0.05, 0) is 60.7 Å². The van der Waals surface area contributed by atoms with Crippen LogP contribution in [0.5, 0.6) is 17.2 Å². The van der Waals surface area contributed by atoms with Gasteiger partial charge in [0.1, 0.15) is 28.9 Å². The van der Waals surface area contributed by atoms with Crippen LogP contribution in [0.4, 0.5) is 0 Å². The van der Waals surface area contributed by atoms with E-state index < -0.39 is 5.91 Å². The molecule has 0 atom stereocenters. The van der Waals surface area contributed by atoms with E-state index >= 15 is 0 Å². The number of carbonyl (C=O) groups is 1. The summed E-state index contributed by atoms with van der Waals surface area (Å²) in [6.07, 6.45) is 2.10. The number of fused-ring (bicyclic) bond motifs is 1. The zero-order valence-electron chi connectivity index (χ0n) is 21.4. The number of hydrogen-bond donors (Lipinski definition) is 1. The van der Waals surface area contributed by atoms with Gasteiger partial charge in [0.25, 0.3) is 5.91 Å². The van der Waals surface area contributed by atoms with Crippen LogP contribution in [0.15, 0.2) is 82.4 Å². The van der Waals surface area contributed by atoms with E-state index in [2.05, 4.69) is 10.1 Å². The Bertz CT molecular complexity index is 1540. The lowest BCUT2D eigenvalue weighted by molar-refractivity contribution is -0.114. The van der Waals surface area contributed by atoms with Crippen molar-refractivity contribution in [3.63, 3.8) is 0 Å². The smallest absolute Gasteiger partial charge is 0.283 e. The first-order valence-electron chi connectivity index (χ1n) is 12.4. The van der Waals surface area contributed by atoms with Crippen LogP contribution in [-0.2, 0) is 4.79 Å². The van der Waals surface area contributed by atoms with Crippen LogP contribution in [0, 0.1) is 12.3 Å². The summed E-state index contributed by atoms with van der Waals surface area (Å²) in [6.45, 7) is 2.90. The Balaban J connectivity index is 1.29. The maximum Gasteiger partial charge on any atom is 0.283 e. The Morgan fingerprint density at radius 1 is 1.00 bits per heavy atom.